The van der Waals surface area contributed by atoms with Gasteiger partial charge in [0.15, 0.2) is 0 Å². The molecular formula is C50H55ClF2N8O4. The molecule has 340 valence electrons. The summed E-state index contributed by atoms with van der Waals surface area (Å²) in [4.78, 5) is 56.7. The number of piperidine rings is 1. The summed E-state index contributed by atoms with van der Waals surface area (Å²) in [6.07, 6.45) is 5.35. The Bertz CT molecular complexity index is 2460. The van der Waals surface area contributed by atoms with Crippen molar-refractivity contribution in [3.8, 4) is 0 Å². The average molecular weight is 905 g/mol. The zero-order valence-electron chi connectivity index (χ0n) is 36.8. The number of nitrogens with one attached hydrogen (secondary N) is 3. The van der Waals surface area contributed by atoms with Crippen LogP contribution in [-0.2, 0) is 16.1 Å². The minimum atomic E-state index is -0.747. The molecule has 0 aliphatic carbocycles. The molecule has 1 saturated heterocycles. The number of carbonyl (C=O) groups is 3. The highest BCUT2D eigenvalue weighted by Gasteiger charge is 2.32. The third kappa shape index (κ3) is 11.7. The van der Waals surface area contributed by atoms with Crippen LogP contribution in [0.2, 0.25) is 5.02 Å². The van der Waals surface area contributed by atoms with Gasteiger partial charge in [-0.05, 0) is 93.6 Å². The van der Waals surface area contributed by atoms with Gasteiger partial charge < -0.3 is 30.5 Å². The van der Waals surface area contributed by atoms with Gasteiger partial charge in [0.1, 0.15) is 11.6 Å². The van der Waals surface area contributed by atoms with Gasteiger partial charge in [0.2, 0.25) is 5.91 Å². The Hall–Kier alpha value is -5.93. The first kappa shape index (κ1) is 47.0. The lowest BCUT2D eigenvalue weighted by Gasteiger charge is -2.32. The molecule has 4 aromatic carbocycles. The van der Waals surface area contributed by atoms with Gasteiger partial charge in [0, 0.05) is 102 Å². The zero-order valence-corrected chi connectivity index (χ0v) is 37.6. The second-order valence-electron chi connectivity index (χ2n) is 16.4. The summed E-state index contributed by atoms with van der Waals surface area (Å²) in [7, 11) is 0. The van der Waals surface area contributed by atoms with Gasteiger partial charge in [-0.25, -0.2) is 13.8 Å². The SMILES string of the molecule is C=N/C=C1/CN=C(c2c(F)cccc2F)c2cc(Cl)ccc2/C1=N/c1ccc(C(=O)NC2CCN(CCNCCOCCC(=O)Nc3cccc4c3CN(C(C)CCC)C4=O)CC2)cc1. The van der Waals surface area contributed by atoms with Crippen LogP contribution in [0.4, 0.5) is 20.2 Å². The van der Waals surface area contributed by atoms with Gasteiger partial charge in [0.05, 0.1) is 48.9 Å². The lowest BCUT2D eigenvalue weighted by molar-refractivity contribution is -0.117. The Kier molecular flexibility index (Phi) is 16.1. The highest BCUT2D eigenvalue weighted by atomic mass is 35.5. The number of benzene rings is 4. The topological polar surface area (TPSA) is 140 Å². The third-order valence-electron chi connectivity index (χ3n) is 12.0. The van der Waals surface area contributed by atoms with E-state index in [2.05, 4.69) is 51.4 Å². The van der Waals surface area contributed by atoms with Crippen molar-refractivity contribution < 1.29 is 27.9 Å². The molecule has 3 heterocycles. The monoisotopic (exact) mass is 904 g/mol. The van der Waals surface area contributed by atoms with Crippen LogP contribution in [0.3, 0.4) is 0 Å². The Morgan fingerprint density at radius 1 is 0.985 bits per heavy atom. The molecule has 1 atom stereocenters. The minimum absolute atomic E-state index is 0.0225. The molecule has 4 aromatic rings. The molecule has 3 aliphatic rings. The van der Waals surface area contributed by atoms with E-state index in [1.54, 1.807) is 42.5 Å². The minimum Gasteiger partial charge on any atom is -0.380 e. The Morgan fingerprint density at radius 3 is 2.48 bits per heavy atom. The molecule has 0 spiro atoms. The molecule has 1 unspecified atom stereocenters. The van der Waals surface area contributed by atoms with Gasteiger partial charge in [-0.15, -0.1) is 0 Å². The van der Waals surface area contributed by atoms with E-state index in [4.69, 9.17) is 21.3 Å². The van der Waals surface area contributed by atoms with E-state index in [9.17, 15) is 14.4 Å². The number of rotatable bonds is 18. The van der Waals surface area contributed by atoms with Crippen LogP contribution in [-0.4, -0.2) is 110 Å². The number of aliphatic imine (C=N–C) groups is 3. The second-order valence-corrected chi connectivity index (χ2v) is 16.9. The number of amides is 3. The van der Waals surface area contributed by atoms with E-state index >= 15 is 8.78 Å². The first-order chi connectivity index (χ1) is 31.5. The average Bonchev–Trinajstić information content (AvgIpc) is 3.57. The standard InChI is InChI=1S/C50H55ClF2N8O4/c1-4-7-32(2)61-31-41-39(50(61)64)8-5-11-44(41)59-45(62)20-26-65-27-22-55-21-25-60-23-18-37(19-24-60)58-49(63)33-12-15-36(16-13-33)57-47-34(29-54-3)30-56-48(40-28-35(51)14-17-38(40)47)46-42(52)9-6-10-43(46)53/h5-6,8-17,28-29,32,37,55H,3-4,7,18-27,30-31H2,1-2H3,(H,58,63)(H,59,62)/b34-29-,57-47+. The molecule has 0 radical (unpaired) electrons. The van der Waals surface area contributed by atoms with Crippen molar-refractivity contribution in [3.63, 3.8) is 0 Å². The lowest BCUT2D eigenvalue weighted by atomic mass is 9.93. The number of likely N-dealkylation sites (tertiary alicyclic amines) is 1. The molecule has 0 saturated carbocycles. The van der Waals surface area contributed by atoms with Crippen molar-refractivity contribution >= 4 is 58.8 Å². The van der Waals surface area contributed by atoms with E-state index in [0.29, 0.717) is 76.2 Å². The van der Waals surface area contributed by atoms with Gasteiger partial charge in [-0.3, -0.25) is 24.4 Å². The van der Waals surface area contributed by atoms with Gasteiger partial charge in [-0.2, -0.15) is 0 Å². The maximum atomic E-state index is 15.0. The third-order valence-corrected chi connectivity index (χ3v) is 12.2. The zero-order chi connectivity index (χ0) is 45.9. The summed E-state index contributed by atoms with van der Waals surface area (Å²) < 4.78 is 35.8. The number of fused-ring (bicyclic) bond motifs is 2. The summed E-state index contributed by atoms with van der Waals surface area (Å²) in [5.41, 5.74) is 5.19. The summed E-state index contributed by atoms with van der Waals surface area (Å²) in [6.45, 7) is 13.2. The predicted molar refractivity (Wildman–Crippen MR) is 253 cm³/mol. The number of nitrogens with zero attached hydrogens (tertiary/aromatic N) is 5. The number of hydrogen-bond acceptors (Lipinski definition) is 9. The van der Waals surface area contributed by atoms with Gasteiger partial charge in [0.25, 0.3) is 11.8 Å². The van der Waals surface area contributed by atoms with Gasteiger partial charge in [-0.1, -0.05) is 43.1 Å². The highest BCUT2D eigenvalue weighted by Crippen LogP contribution is 2.33. The van der Waals surface area contributed by atoms with Crippen LogP contribution >= 0.6 is 11.6 Å². The summed E-state index contributed by atoms with van der Waals surface area (Å²) in [5, 5.41) is 9.94. The van der Waals surface area contributed by atoms with Crippen molar-refractivity contribution in [1.29, 1.82) is 0 Å². The fourth-order valence-corrected chi connectivity index (χ4v) is 8.64. The van der Waals surface area contributed by atoms with Crippen LogP contribution in [0.25, 0.3) is 0 Å². The molecule has 65 heavy (non-hydrogen) atoms. The smallest absolute Gasteiger partial charge is 0.254 e. The molecule has 7 rings (SSSR count). The van der Waals surface area contributed by atoms with E-state index in [1.807, 2.05) is 23.1 Å². The normalized spacial score (nSPS) is 17.1. The van der Waals surface area contributed by atoms with Crippen LogP contribution in [0.15, 0.2) is 106 Å². The number of halogens is 3. The van der Waals surface area contributed by atoms with Crippen LogP contribution in [0.1, 0.15) is 88.9 Å². The molecule has 3 aliphatic heterocycles. The largest absolute Gasteiger partial charge is 0.380 e. The number of carbonyl (C=O) groups excluding carboxylic acids is 3. The molecule has 0 bridgehead atoms. The molecular weight excluding hydrogens is 850 g/mol. The lowest BCUT2D eigenvalue weighted by Crippen LogP contribution is -2.46. The van der Waals surface area contributed by atoms with Crippen LogP contribution in [0.5, 0.6) is 0 Å². The fraction of sp³-hybridized carbons (Fsp3) is 0.360. The fourth-order valence-electron chi connectivity index (χ4n) is 8.47. The Morgan fingerprint density at radius 2 is 1.74 bits per heavy atom. The first-order valence-electron chi connectivity index (χ1n) is 22.2. The van der Waals surface area contributed by atoms with E-state index < -0.39 is 11.6 Å². The molecule has 3 amide bonds. The maximum Gasteiger partial charge on any atom is 0.254 e. The summed E-state index contributed by atoms with van der Waals surface area (Å²) in [6, 6.07) is 21.3. The second kappa shape index (κ2) is 22.3. The van der Waals surface area contributed by atoms with Crippen molar-refractivity contribution in [2.75, 3.05) is 57.8 Å². The molecule has 0 aromatic heterocycles. The molecule has 12 nitrogen and oxygen atoms in total. The van der Waals surface area contributed by atoms with Crippen molar-refractivity contribution in [2.24, 2.45) is 15.0 Å². The van der Waals surface area contributed by atoms with E-state index in [-0.39, 0.29) is 54.0 Å². The number of hydrogen-bond donors (Lipinski definition) is 3. The van der Waals surface area contributed by atoms with Crippen molar-refractivity contribution in [3.05, 3.63) is 141 Å². The quantitative estimate of drug-likeness (QED) is 0.0681. The summed E-state index contributed by atoms with van der Waals surface area (Å²) >= 11 is 6.39. The number of anilines is 1. The van der Waals surface area contributed by atoms with Gasteiger partial charge >= 0.3 is 0 Å². The van der Waals surface area contributed by atoms with Crippen molar-refractivity contribution in [2.45, 2.75) is 64.6 Å². The Labute approximate surface area is 383 Å². The van der Waals surface area contributed by atoms with E-state index in [1.165, 1.54) is 24.4 Å². The maximum absolute atomic E-state index is 15.0. The Balaban J connectivity index is 0.823. The van der Waals surface area contributed by atoms with Crippen LogP contribution in [0, 0.1) is 11.6 Å². The first-order valence-corrected chi connectivity index (χ1v) is 22.6. The van der Waals surface area contributed by atoms with E-state index in [0.717, 1.165) is 57.4 Å². The molecule has 15 heteroatoms. The molecule has 1 fully saturated rings. The molecule has 3 N–H and O–H groups in total. The summed E-state index contributed by atoms with van der Waals surface area (Å²) in [5.74, 6) is -1.78. The van der Waals surface area contributed by atoms with Crippen LogP contribution < -0.4 is 16.0 Å². The highest BCUT2D eigenvalue weighted by molar-refractivity contribution is 6.32. The predicted octanol–water partition coefficient (Wildman–Crippen LogP) is 8.15. The number of ether oxygens (including phenoxy) is 1. The van der Waals surface area contributed by atoms with Crippen molar-refractivity contribution in [1.82, 2.24) is 20.4 Å².